The van der Waals surface area contributed by atoms with E-state index in [0.29, 0.717) is 40.1 Å². The molecule has 168 valence electrons. The molecule has 0 unspecified atom stereocenters. The van der Waals surface area contributed by atoms with Crippen molar-refractivity contribution in [3.8, 4) is 17.2 Å². The molecule has 0 aliphatic rings. The number of carbonyl (C=O) groups is 1. The predicted molar refractivity (Wildman–Crippen MR) is 122 cm³/mol. The minimum atomic E-state index is -0.533. The summed E-state index contributed by atoms with van der Waals surface area (Å²) in [5.74, 6) is 0.964. The third-order valence-corrected chi connectivity index (χ3v) is 4.92. The first-order valence-corrected chi connectivity index (χ1v) is 10.2. The first kappa shape index (κ1) is 22.8. The van der Waals surface area contributed by atoms with Crippen molar-refractivity contribution >= 4 is 22.9 Å². The van der Waals surface area contributed by atoms with Gasteiger partial charge in [-0.3, -0.25) is 9.59 Å². The van der Waals surface area contributed by atoms with E-state index in [1.807, 2.05) is 6.92 Å². The lowest BCUT2D eigenvalue weighted by atomic mass is 10.1. The Morgan fingerprint density at radius 1 is 1.09 bits per heavy atom. The van der Waals surface area contributed by atoms with Crippen molar-refractivity contribution in [3.63, 3.8) is 0 Å². The summed E-state index contributed by atoms with van der Waals surface area (Å²) in [5, 5.41) is 9.27. The number of rotatable bonds is 9. The van der Waals surface area contributed by atoms with Gasteiger partial charge in [0.1, 0.15) is 17.2 Å². The van der Waals surface area contributed by atoms with E-state index in [1.165, 1.54) is 25.1 Å². The topological polar surface area (TPSA) is 104 Å². The molecule has 9 nitrogen and oxygen atoms in total. The van der Waals surface area contributed by atoms with Gasteiger partial charge in [-0.05, 0) is 12.5 Å². The van der Waals surface area contributed by atoms with E-state index >= 15 is 0 Å². The fourth-order valence-corrected chi connectivity index (χ4v) is 3.23. The van der Waals surface area contributed by atoms with Crippen molar-refractivity contribution in [1.29, 1.82) is 0 Å². The molecule has 3 aromatic rings. The SMILES string of the molecule is CCCCn1nc(C(=O)N/N=C/c2c(OC)cc(OC)cc2OC)c2ccccc2c1=O. The molecule has 3 rings (SSSR count). The number of hydrogen-bond acceptors (Lipinski definition) is 7. The van der Waals surface area contributed by atoms with Crippen LogP contribution < -0.4 is 25.2 Å². The molecule has 0 bridgehead atoms. The fourth-order valence-electron chi connectivity index (χ4n) is 3.23. The van der Waals surface area contributed by atoms with Gasteiger partial charge in [-0.25, -0.2) is 10.1 Å². The standard InChI is InChI=1S/C23H26N4O5/c1-5-6-11-27-23(29)17-10-8-7-9-16(17)21(26-27)22(28)25-24-14-18-19(31-3)12-15(30-2)13-20(18)32-4/h7-10,12-14H,5-6,11H2,1-4H3,(H,25,28)/b24-14+. The molecule has 9 heteroatoms. The molecule has 0 aliphatic heterocycles. The van der Waals surface area contributed by atoms with Crippen molar-refractivity contribution < 1.29 is 19.0 Å². The number of methoxy groups -OCH3 is 3. The zero-order valence-electron chi connectivity index (χ0n) is 18.5. The number of hydrogen-bond donors (Lipinski definition) is 1. The quantitative estimate of drug-likeness (QED) is 0.407. The molecule has 32 heavy (non-hydrogen) atoms. The largest absolute Gasteiger partial charge is 0.496 e. The Morgan fingerprint density at radius 3 is 2.34 bits per heavy atom. The van der Waals surface area contributed by atoms with Crippen molar-refractivity contribution in [3.05, 3.63) is 58.0 Å². The Kier molecular flexibility index (Phi) is 7.43. The molecule has 0 aliphatic carbocycles. The Balaban J connectivity index is 1.94. The van der Waals surface area contributed by atoms with Crippen LogP contribution in [0, 0.1) is 0 Å². The summed E-state index contributed by atoms with van der Waals surface area (Å²) in [4.78, 5) is 25.6. The van der Waals surface area contributed by atoms with Gasteiger partial charge in [0.2, 0.25) is 0 Å². The number of nitrogens with one attached hydrogen (secondary N) is 1. The van der Waals surface area contributed by atoms with Gasteiger partial charge in [-0.15, -0.1) is 0 Å². The maximum absolute atomic E-state index is 12.9. The average molecular weight is 438 g/mol. The van der Waals surface area contributed by atoms with Crippen LogP contribution in [0.2, 0.25) is 0 Å². The lowest BCUT2D eigenvalue weighted by molar-refractivity contribution is 0.0949. The van der Waals surface area contributed by atoms with Crippen LogP contribution in [-0.2, 0) is 6.54 Å². The van der Waals surface area contributed by atoms with Crippen LogP contribution in [0.4, 0.5) is 0 Å². The van der Waals surface area contributed by atoms with E-state index in [0.717, 1.165) is 12.8 Å². The molecule has 0 spiro atoms. The lowest BCUT2D eigenvalue weighted by Crippen LogP contribution is -2.29. The summed E-state index contributed by atoms with van der Waals surface area (Å²) >= 11 is 0. The number of aryl methyl sites for hydroxylation is 1. The zero-order valence-corrected chi connectivity index (χ0v) is 18.5. The lowest BCUT2D eigenvalue weighted by Gasteiger charge is -2.12. The van der Waals surface area contributed by atoms with E-state index in [2.05, 4.69) is 15.6 Å². The van der Waals surface area contributed by atoms with Crippen LogP contribution in [0.1, 0.15) is 35.8 Å². The number of unbranched alkanes of at least 4 members (excludes halogenated alkanes) is 1. The molecule has 2 aromatic carbocycles. The van der Waals surface area contributed by atoms with Crippen LogP contribution in [-0.4, -0.2) is 43.2 Å². The Labute approximate surface area is 185 Å². The summed E-state index contributed by atoms with van der Waals surface area (Å²) in [6.07, 6.45) is 3.10. The number of hydrazone groups is 1. The second kappa shape index (κ2) is 10.4. The third-order valence-electron chi connectivity index (χ3n) is 4.92. The van der Waals surface area contributed by atoms with Crippen molar-refractivity contribution in [2.45, 2.75) is 26.3 Å². The van der Waals surface area contributed by atoms with Gasteiger partial charge in [0, 0.05) is 24.1 Å². The van der Waals surface area contributed by atoms with Gasteiger partial charge in [0.15, 0.2) is 5.69 Å². The van der Waals surface area contributed by atoms with Gasteiger partial charge in [0.05, 0.1) is 38.5 Å². The number of benzene rings is 2. The molecule has 0 saturated carbocycles. The predicted octanol–water partition coefficient (Wildman–Crippen LogP) is 2.99. The van der Waals surface area contributed by atoms with Gasteiger partial charge >= 0.3 is 0 Å². The normalized spacial score (nSPS) is 11.0. The first-order valence-electron chi connectivity index (χ1n) is 10.2. The molecule has 0 radical (unpaired) electrons. The van der Waals surface area contributed by atoms with Gasteiger partial charge in [-0.2, -0.15) is 10.2 Å². The summed E-state index contributed by atoms with van der Waals surface area (Å²) in [5.41, 5.74) is 2.92. The number of fused-ring (bicyclic) bond motifs is 1. The number of ether oxygens (including phenoxy) is 3. The number of amides is 1. The average Bonchev–Trinajstić information content (AvgIpc) is 2.83. The highest BCUT2D eigenvalue weighted by molar-refractivity contribution is 6.05. The van der Waals surface area contributed by atoms with E-state index < -0.39 is 5.91 Å². The van der Waals surface area contributed by atoms with Crippen LogP contribution in [0.5, 0.6) is 17.2 Å². The van der Waals surface area contributed by atoms with E-state index in [1.54, 1.807) is 43.5 Å². The molecular formula is C23H26N4O5. The van der Waals surface area contributed by atoms with Crippen LogP contribution >= 0.6 is 0 Å². The van der Waals surface area contributed by atoms with Gasteiger partial charge in [-0.1, -0.05) is 31.5 Å². The molecule has 1 aromatic heterocycles. The molecule has 0 saturated heterocycles. The smallest absolute Gasteiger partial charge is 0.292 e. The number of nitrogens with zero attached hydrogens (tertiary/aromatic N) is 3. The zero-order chi connectivity index (χ0) is 23.1. The Bertz CT molecular complexity index is 1180. The van der Waals surface area contributed by atoms with Crippen LogP contribution in [0.25, 0.3) is 10.8 Å². The van der Waals surface area contributed by atoms with Crippen molar-refractivity contribution in [1.82, 2.24) is 15.2 Å². The summed E-state index contributed by atoms with van der Waals surface area (Å²) < 4.78 is 17.3. The second-order valence-corrected chi connectivity index (χ2v) is 6.92. The molecule has 1 N–H and O–H groups in total. The monoisotopic (exact) mass is 438 g/mol. The van der Waals surface area contributed by atoms with Gasteiger partial charge < -0.3 is 14.2 Å². The second-order valence-electron chi connectivity index (χ2n) is 6.92. The third kappa shape index (κ3) is 4.72. The first-order chi connectivity index (χ1) is 15.5. The number of carbonyl (C=O) groups excluding carboxylic acids is 1. The van der Waals surface area contributed by atoms with Crippen LogP contribution in [0.15, 0.2) is 46.3 Å². The minimum Gasteiger partial charge on any atom is -0.496 e. The summed E-state index contributed by atoms with van der Waals surface area (Å²) in [6.45, 7) is 2.46. The Hall–Kier alpha value is -3.88. The molecular weight excluding hydrogens is 412 g/mol. The maximum atomic E-state index is 12.9. The summed E-state index contributed by atoms with van der Waals surface area (Å²) in [7, 11) is 4.57. The Morgan fingerprint density at radius 2 is 1.75 bits per heavy atom. The molecule has 1 amide bonds. The molecule has 1 heterocycles. The highest BCUT2D eigenvalue weighted by atomic mass is 16.5. The van der Waals surface area contributed by atoms with Crippen molar-refractivity contribution in [2.24, 2.45) is 5.10 Å². The molecule has 0 atom stereocenters. The number of aromatic nitrogens is 2. The van der Waals surface area contributed by atoms with E-state index in [4.69, 9.17) is 14.2 Å². The highest BCUT2D eigenvalue weighted by Crippen LogP contribution is 2.32. The van der Waals surface area contributed by atoms with E-state index in [-0.39, 0.29) is 11.3 Å². The maximum Gasteiger partial charge on any atom is 0.292 e. The molecule has 0 fully saturated rings. The fraction of sp³-hybridized carbons (Fsp3) is 0.304. The summed E-state index contributed by atoms with van der Waals surface area (Å²) in [6, 6.07) is 10.3. The minimum absolute atomic E-state index is 0.127. The van der Waals surface area contributed by atoms with Crippen molar-refractivity contribution in [2.75, 3.05) is 21.3 Å². The van der Waals surface area contributed by atoms with Gasteiger partial charge in [0.25, 0.3) is 11.5 Å². The van der Waals surface area contributed by atoms with Crippen LogP contribution in [0.3, 0.4) is 0 Å². The highest BCUT2D eigenvalue weighted by Gasteiger charge is 2.17. The van der Waals surface area contributed by atoms with E-state index in [9.17, 15) is 9.59 Å².